The van der Waals surface area contributed by atoms with E-state index in [-0.39, 0.29) is 6.42 Å². The number of nitrogens with two attached hydrogens (primary N) is 1. The lowest BCUT2D eigenvalue weighted by molar-refractivity contribution is -0.147. The molecule has 0 spiro atoms. The number of esters is 1. The standard InChI is InChI=1S/C19H35N3O7/c1-18(2,3)10(17(27)28)8-11(15(25)21-9-12(23)29-7)22-16(26)13(20)14(24)19(4,5)6/h10-11,13-14,24H,8-9,20H2,1-7H3,(H,21,25)(H,22,26)(H,27,28)/t10?,11-,13-,14?/m0/s1. The van der Waals surface area contributed by atoms with Gasteiger partial charge in [-0.3, -0.25) is 19.2 Å². The third-order valence-corrected chi connectivity index (χ3v) is 4.61. The van der Waals surface area contributed by atoms with Gasteiger partial charge in [0.2, 0.25) is 11.8 Å². The molecule has 0 aliphatic carbocycles. The molecule has 0 aromatic carbocycles. The van der Waals surface area contributed by atoms with Crippen molar-refractivity contribution in [2.75, 3.05) is 13.7 Å². The first kappa shape index (κ1) is 26.8. The van der Waals surface area contributed by atoms with Gasteiger partial charge in [-0.05, 0) is 17.3 Å². The fraction of sp³-hybridized carbons (Fsp3) is 0.789. The van der Waals surface area contributed by atoms with E-state index in [2.05, 4.69) is 15.4 Å². The molecule has 0 aromatic rings. The summed E-state index contributed by atoms with van der Waals surface area (Å²) in [6, 6.07) is -2.60. The van der Waals surface area contributed by atoms with Gasteiger partial charge < -0.3 is 31.3 Å². The van der Waals surface area contributed by atoms with E-state index in [0.29, 0.717) is 0 Å². The van der Waals surface area contributed by atoms with Crippen molar-refractivity contribution in [3.8, 4) is 0 Å². The molecule has 168 valence electrons. The summed E-state index contributed by atoms with van der Waals surface area (Å²) in [7, 11) is 1.15. The van der Waals surface area contributed by atoms with Crippen LogP contribution < -0.4 is 16.4 Å². The van der Waals surface area contributed by atoms with Crippen LogP contribution in [0.4, 0.5) is 0 Å². The number of rotatable bonds is 9. The summed E-state index contributed by atoms with van der Waals surface area (Å²) in [4.78, 5) is 48.0. The van der Waals surface area contributed by atoms with Crippen molar-refractivity contribution < 1.29 is 34.1 Å². The number of amides is 2. The Morgan fingerprint density at radius 3 is 1.90 bits per heavy atom. The highest BCUT2D eigenvalue weighted by Gasteiger charge is 2.38. The van der Waals surface area contributed by atoms with Gasteiger partial charge in [0.25, 0.3) is 0 Å². The molecule has 29 heavy (non-hydrogen) atoms. The monoisotopic (exact) mass is 417 g/mol. The molecular weight excluding hydrogens is 382 g/mol. The minimum atomic E-state index is -1.33. The van der Waals surface area contributed by atoms with Crippen molar-refractivity contribution in [1.29, 1.82) is 0 Å². The van der Waals surface area contributed by atoms with Crippen LogP contribution >= 0.6 is 0 Å². The number of carbonyl (C=O) groups excluding carboxylic acids is 3. The van der Waals surface area contributed by atoms with Crippen LogP contribution in [0, 0.1) is 16.7 Å². The maximum Gasteiger partial charge on any atom is 0.325 e. The Labute approximate surface area is 171 Å². The molecule has 0 rings (SSSR count). The van der Waals surface area contributed by atoms with Gasteiger partial charge in [0.05, 0.1) is 19.1 Å². The van der Waals surface area contributed by atoms with Crippen molar-refractivity contribution in [2.24, 2.45) is 22.5 Å². The van der Waals surface area contributed by atoms with E-state index in [1.54, 1.807) is 41.5 Å². The van der Waals surface area contributed by atoms with Crippen LogP contribution in [0.1, 0.15) is 48.0 Å². The van der Waals surface area contributed by atoms with Gasteiger partial charge in [0.1, 0.15) is 18.6 Å². The van der Waals surface area contributed by atoms with Crippen LogP contribution in [0.2, 0.25) is 0 Å². The second-order valence-corrected chi connectivity index (χ2v) is 9.18. The molecule has 0 radical (unpaired) electrons. The predicted molar refractivity (Wildman–Crippen MR) is 106 cm³/mol. The zero-order chi connectivity index (χ0) is 23.2. The quantitative estimate of drug-likeness (QED) is 0.317. The minimum Gasteiger partial charge on any atom is -0.481 e. The Balaban J connectivity index is 5.57. The second kappa shape index (κ2) is 10.5. The van der Waals surface area contributed by atoms with Crippen molar-refractivity contribution in [1.82, 2.24) is 10.6 Å². The summed E-state index contributed by atoms with van der Waals surface area (Å²) in [6.45, 7) is 9.76. The lowest BCUT2D eigenvalue weighted by atomic mass is 9.77. The summed E-state index contributed by atoms with van der Waals surface area (Å²) >= 11 is 0. The van der Waals surface area contributed by atoms with Gasteiger partial charge in [-0.2, -0.15) is 0 Å². The molecule has 10 nitrogen and oxygen atoms in total. The van der Waals surface area contributed by atoms with Gasteiger partial charge in [-0.1, -0.05) is 41.5 Å². The van der Waals surface area contributed by atoms with E-state index in [1.807, 2.05) is 0 Å². The van der Waals surface area contributed by atoms with Gasteiger partial charge in [0.15, 0.2) is 0 Å². The van der Waals surface area contributed by atoms with Crippen molar-refractivity contribution in [3.63, 3.8) is 0 Å². The van der Waals surface area contributed by atoms with E-state index >= 15 is 0 Å². The normalized spacial score (nSPS) is 16.2. The first-order chi connectivity index (χ1) is 13.0. The zero-order valence-electron chi connectivity index (χ0n) is 18.2. The lowest BCUT2D eigenvalue weighted by Gasteiger charge is -2.33. The smallest absolute Gasteiger partial charge is 0.325 e. The number of aliphatic hydroxyl groups is 1. The maximum atomic E-state index is 12.5. The molecule has 0 fully saturated rings. The van der Waals surface area contributed by atoms with Gasteiger partial charge in [-0.25, -0.2) is 0 Å². The summed E-state index contributed by atoms with van der Waals surface area (Å²) < 4.78 is 4.45. The molecule has 4 atom stereocenters. The average Bonchev–Trinajstić information content (AvgIpc) is 2.58. The molecular formula is C19H35N3O7. The predicted octanol–water partition coefficient (Wildman–Crippen LogP) is -0.368. The van der Waals surface area contributed by atoms with Crippen LogP contribution in [-0.4, -0.2) is 65.8 Å². The van der Waals surface area contributed by atoms with E-state index < -0.39 is 65.2 Å². The van der Waals surface area contributed by atoms with Crippen LogP contribution in [-0.2, 0) is 23.9 Å². The number of hydrogen-bond donors (Lipinski definition) is 5. The molecule has 6 N–H and O–H groups in total. The third-order valence-electron chi connectivity index (χ3n) is 4.61. The molecule has 10 heteroatoms. The molecule has 0 saturated heterocycles. The van der Waals surface area contributed by atoms with E-state index in [4.69, 9.17) is 5.73 Å². The summed E-state index contributed by atoms with van der Waals surface area (Å²) in [5.41, 5.74) is 4.44. The SMILES string of the molecule is COC(=O)CNC(=O)[C@H](CC(C(=O)O)C(C)(C)C)NC(=O)[C@@H](N)C(O)C(C)(C)C. The highest BCUT2D eigenvalue weighted by atomic mass is 16.5. The van der Waals surface area contributed by atoms with E-state index in [0.717, 1.165) is 7.11 Å². The largest absolute Gasteiger partial charge is 0.481 e. The molecule has 2 unspecified atom stereocenters. The fourth-order valence-corrected chi connectivity index (χ4v) is 2.60. The van der Waals surface area contributed by atoms with E-state index in [9.17, 15) is 29.4 Å². The number of carboxylic acid groups (broad SMARTS) is 1. The first-order valence-electron chi connectivity index (χ1n) is 9.33. The van der Waals surface area contributed by atoms with Gasteiger partial charge in [-0.15, -0.1) is 0 Å². The Morgan fingerprint density at radius 1 is 1.00 bits per heavy atom. The Bertz CT molecular complexity index is 608. The van der Waals surface area contributed by atoms with Crippen molar-refractivity contribution >= 4 is 23.8 Å². The number of hydrogen-bond acceptors (Lipinski definition) is 7. The topological polar surface area (TPSA) is 168 Å². The highest BCUT2D eigenvalue weighted by molar-refractivity contribution is 5.91. The van der Waals surface area contributed by atoms with Gasteiger partial charge in [0, 0.05) is 0 Å². The number of aliphatic hydroxyl groups excluding tert-OH is 1. The minimum absolute atomic E-state index is 0.226. The van der Waals surface area contributed by atoms with Crippen LogP contribution in [0.25, 0.3) is 0 Å². The number of aliphatic carboxylic acids is 1. The summed E-state index contributed by atoms with van der Waals surface area (Å²) in [6.07, 6.45) is -1.42. The molecule has 0 aliphatic rings. The Kier molecular flexibility index (Phi) is 9.74. The maximum absolute atomic E-state index is 12.5. The average molecular weight is 418 g/mol. The van der Waals surface area contributed by atoms with Crippen molar-refractivity contribution in [2.45, 2.75) is 66.2 Å². The van der Waals surface area contributed by atoms with E-state index in [1.165, 1.54) is 0 Å². The Hall–Kier alpha value is -2.20. The number of carboxylic acids is 1. The molecule has 0 aliphatic heterocycles. The summed E-state index contributed by atoms with van der Waals surface area (Å²) in [5, 5.41) is 24.5. The van der Waals surface area contributed by atoms with Gasteiger partial charge >= 0.3 is 11.9 Å². The lowest BCUT2D eigenvalue weighted by Crippen LogP contribution is -2.58. The second-order valence-electron chi connectivity index (χ2n) is 9.18. The van der Waals surface area contributed by atoms with Crippen molar-refractivity contribution in [3.05, 3.63) is 0 Å². The molecule has 0 aromatic heterocycles. The molecule has 0 saturated carbocycles. The number of ether oxygens (including phenoxy) is 1. The Morgan fingerprint density at radius 2 is 1.52 bits per heavy atom. The fourth-order valence-electron chi connectivity index (χ4n) is 2.60. The summed E-state index contributed by atoms with van der Waals surface area (Å²) in [5.74, 6) is -4.36. The zero-order valence-corrected chi connectivity index (χ0v) is 18.2. The van der Waals surface area contributed by atoms with Crippen LogP contribution in [0.3, 0.4) is 0 Å². The third kappa shape index (κ3) is 8.78. The van der Waals surface area contributed by atoms with Crippen LogP contribution in [0.15, 0.2) is 0 Å². The number of methoxy groups -OCH3 is 1. The molecule has 0 heterocycles. The van der Waals surface area contributed by atoms with Crippen LogP contribution in [0.5, 0.6) is 0 Å². The highest BCUT2D eigenvalue weighted by Crippen LogP contribution is 2.30. The first-order valence-corrected chi connectivity index (χ1v) is 9.33. The number of carbonyl (C=O) groups is 4. The molecule has 0 bridgehead atoms. The number of nitrogens with one attached hydrogen (secondary N) is 2. The molecule has 2 amide bonds.